The summed E-state index contributed by atoms with van der Waals surface area (Å²) in [6.07, 6.45) is 3.98. The number of nitrogens with zero attached hydrogens (tertiary/aromatic N) is 1. The van der Waals surface area contributed by atoms with Gasteiger partial charge in [-0.2, -0.15) is 0 Å². The van der Waals surface area contributed by atoms with Gasteiger partial charge in [-0.15, -0.1) is 0 Å². The molecular weight excluding hydrogens is 258 g/mol. The third-order valence-corrected chi connectivity index (χ3v) is 3.53. The third-order valence-electron chi connectivity index (χ3n) is 3.53. The first-order chi connectivity index (χ1) is 9.63. The van der Waals surface area contributed by atoms with Gasteiger partial charge in [0.25, 0.3) is 0 Å². The smallest absolute Gasteiger partial charge is 0.308 e. The Morgan fingerprint density at radius 2 is 2.25 bits per heavy atom. The van der Waals surface area contributed by atoms with Crippen LogP contribution in [0.5, 0.6) is 0 Å². The van der Waals surface area contributed by atoms with Gasteiger partial charge < -0.3 is 4.74 Å². The van der Waals surface area contributed by atoms with Gasteiger partial charge in [-0.3, -0.25) is 19.4 Å². The molecule has 1 aliphatic rings. The summed E-state index contributed by atoms with van der Waals surface area (Å²) in [5, 5.41) is 0. The third kappa shape index (κ3) is 3.10. The van der Waals surface area contributed by atoms with Crippen molar-refractivity contribution in [1.82, 2.24) is 4.98 Å². The minimum absolute atomic E-state index is 0.0978. The van der Waals surface area contributed by atoms with E-state index in [0.717, 1.165) is 0 Å². The number of pyridine rings is 1. The largest absolute Gasteiger partial charge is 0.466 e. The standard InChI is InChI=1S/C15H17NO4/c1-2-20-15(19)10-5-6-13(17)12(8-10)14(18)11-4-3-7-16-9-11/h3-4,7,9-10,12H,2,5-6,8H2,1H3. The van der Waals surface area contributed by atoms with Gasteiger partial charge >= 0.3 is 5.97 Å². The van der Waals surface area contributed by atoms with Crippen molar-refractivity contribution >= 4 is 17.5 Å². The maximum atomic E-state index is 12.3. The van der Waals surface area contributed by atoms with Crippen LogP contribution in [0.15, 0.2) is 24.5 Å². The molecule has 106 valence electrons. The van der Waals surface area contributed by atoms with Crippen LogP contribution >= 0.6 is 0 Å². The average molecular weight is 275 g/mol. The van der Waals surface area contributed by atoms with Crippen molar-refractivity contribution in [2.75, 3.05) is 6.61 Å². The number of esters is 1. The van der Waals surface area contributed by atoms with Crippen LogP contribution in [-0.2, 0) is 14.3 Å². The first-order valence-corrected chi connectivity index (χ1v) is 6.77. The van der Waals surface area contributed by atoms with Crippen LogP contribution in [0, 0.1) is 11.8 Å². The van der Waals surface area contributed by atoms with E-state index in [4.69, 9.17) is 4.74 Å². The molecule has 0 N–H and O–H groups in total. The number of ketones is 2. The SMILES string of the molecule is CCOC(=O)C1CCC(=O)C(C(=O)c2cccnc2)C1. The number of hydrogen-bond acceptors (Lipinski definition) is 5. The van der Waals surface area contributed by atoms with Gasteiger partial charge in [0.05, 0.1) is 18.4 Å². The summed E-state index contributed by atoms with van der Waals surface area (Å²) < 4.78 is 4.98. The first kappa shape index (κ1) is 14.4. The number of carbonyl (C=O) groups is 3. The Labute approximate surface area is 117 Å². The normalized spacial score (nSPS) is 22.4. The van der Waals surface area contributed by atoms with E-state index in [0.29, 0.717) is 18.6 Å². The fraction of sp³-hybridized carbons (Fsp3) is 0.467. The number of carbonyl (C=O) groups excluding carboxylic acids is 3. The molecule has 2 rings (SSSR count). The predicted molar refractivity (Wildman–Crippen MR) is 71.0 cm³/mol. The molecule has 0 amide bonds. The van der Waals surface area contributed by atoms with Gasteiger partial charge in [0, 0.05) is 24.4 Å². The zero-order valence-electron chi connectivity index (χ0n) is 11.4. The molecule has 1 aromatic heterocycles. The summed E-state index contributed by atoms with van der Waals surface area (Å²) in [5.41, 5.74) is 0.412. The summed E-state index contributed by atoms with van der Waals surface area (Å²) in [6, 6.07) is 3.29. The molecule has 5 heteroatoms. The molecule has 0 aromatic carbocycles. The van der Waals surface area contributed by atoms with Crippen LogP contribution in [0.25, 0.3) is 0 Å². The molecule has 2 unspecified atom stereocenters. The molecule has 0 radical (unpaired) electrons. The lowest BCUT2D eigenvalue weighted by molar-refractivity contribution is -0.150. The topological polar surface area (TPSA) is 73.3 Å². The molecule has 5 nitrogen and oxygen atoms in total. The summed E-state index contributed by atoms with van der Waals surface area (Å²) in [4.78, 5) is 39.9. The van der Waals surface area contributed by atoms with Crippen molar-refractivity contribution in [3.8, 4) is 0 Å². The monoisotopic (exact) mass is 275 g/mol. The highest BCUT2D eigenvalue weighted by molar-refractivity contribution is 6.11. The molecule has 1 aliphatic carbocycles. The van der Waals surface area contributed by atoms with Gasteiger partial charge in [-0.25, -0.2) is 0 Å². The second kappa shape index (κ2) is 6.41. The van der Waals surface area contributed by atoms with Gasteiger partial charge in [-0.1, -0.05) is 0 Å². The maximum absolute atomic E-state index is 12.3. The van der Waals surface area contributed by atoms with Gasteiger partial charge in [0.2, 0.25) is 0 Å². The van der Waals surface area contributed by atoms with Crippen LogP contribution in [0.4, 0.5) is 0 Å². The van der Waals surface area contributed by atoms with Crippen LogP contribution < -0.4 is 0 Å². The van der Waals surface area contributed by atoms with E-state index in [1.54, 1.807) is 25.3 Å². The van der Waals surface area contributed by atoms with Crippen molar-refractivity contribution < 1.29 is 19.1 Å². The number of rotatable bonds is 4. The Balaban J connectivity index is 2.11. The lowest BCUT2D eigenvalue weighted by atomic mass is 9.77. The molecule has 0 aliphatic heterocycles. The highest BCUT2D eigenvalue weighted by atomic mass is 16.5. The van der Waals surface area contributed by atoms with Crippen LogP contribution in [-0.4, -0.2) is 29.1 Å². The summed E-state index contributed by atoms with van der Waals surface area (Å²) in [6.45, 7) is 2.05. The summed E-state index contributed by atoms with van der Waals surface area (Å²) in [7, 11) is 0. The van der Waals surface area contributed by atoms with Crippen molar-refractivity contribution in [2.45, 2.75) is 26.2 Å². The van der Waals surface area contributed by atoms with Crippen molar-refractivity contribution in [3.63, 3.8) is 0 Å². The second-order valence-corrected chi connectivity index (χ2v) is 4.85. The summed E-state index contributed by atoms with van der Waals surface area (Å²) in [5.74, 6) is -1.78. The maximum Gasteiger partial charge on any atom is 0.308 e. The zero-order valence-corrected chi connectivity index (χ0v) is 11.4. The van der Waals surface area contributed by atoms with Gasteiger partial charge in [-0.05, 0) is 31.9 Å². The lowest BCUT2D eigenvalue weighted by Crippen LogP contribution is -2.35. The molecule has 0 bridgehead atoms. The van der Waals surface area contributed by atoms with Gasteiger partial charge in [0.15, 0.2) is 5.78 Å². The fourth-order valence-electron chi connectivity index (χ4n) is 2.46. The van der Waals surface area contributed by atoms with E-state index in [2.05, 4.69) is 4.98 Å². The minimum atomic E-state index is -0.748. The first-order valence-electron chi connectivity index (χ1n) is 6.77. The van der Waals surface area contributed by atoms with E-state index in [1.807, 2.05) is 0 Å². The van der Waals surface area contributed by atoms with E-state index in [1.165, 1.54) is 6.20 Å². The Morgan fingerprint density at radius 1 is 1.45 bits per heavy atom. The van der Waals surface area contributed by atoms with Crippen molar-refractivity contribution in [2.24, 2.45) is 11.8 Å². The molecule has 1 heterocycles. The Kier molecular flexibility index (Phi) is 4.61. The summed E-state index contributed by atoms with van der Waals surface area (Å²) >= 11 is 0. The quantitative estimate of drug-likeness (QED) is 0.476. The van der Waals surface area contributed by atoms with Crippen LogP contribution in [0.2, 0.25) is 0 Å². The molecule has 1 fully saturated rings. The second-order valence-electron chi connectivity index (χ2n) is 4.85. The van der Waals surface area contributed by atoms with E-state index < -0.39 is 5.92 Å². The zero-order chi connectivity index (χ0) is 14.5. The molecule has 0 saturated heterocycles. The molecule has 1 aromatic rings. The lowest BCUT2D eigenvalue weighted by Gasteiger charge is -2.25. The Bertz CT molecular complexity index is 512. The van der Waals surface area contributed by atoms with E-state index in [9.17, 15) is 14.4 Å². The average Bonchev–Trinajstić information content (AvgIpc) is 2.48. The molecular formula is C15H17NO4. The highest BCUT2D eigenvalue weighted by Crippen LogP contribution is 2.29. The Morgan fingerprint density at radius 3 is 2.90 bits per heavy atom. The highest BCUT2D eigenvalue weighted by Gasteiger charge is 2.37. The number of aromatic nitrogens is 1. The van der Waals surface area contributed by atoms with Crippen LogP contribution in [0.3, 0.4) is 0 Å². The van der Waals surface area contributed by atoms with E-state index >= 15 is 0 Å². The molecule has 2 atom stereocenters. The van der Waals surface area contributed by atoms with Gasteiger partial charge in [0.1, 0.15) is 5.78 Å². The van der Waals surface area contributed by atoms with Crippen molar-refractivity contribution in [1.29, 1.82) is 0 Å². The molecule has 1 saturated carbocycles. The number of Topliss-reactive ketones (excluding diaryl/α,β-unsaturated/α-hetero) is 2. The molecule has 0 spiro atoms. The van der Waals surface area contributed by atoms with Crippen LogP contribution in [0.1, 0.15) is 36.5 Å². The van der Waals surface area contributed by atoms with Crippen molar-refractivity contribution in [3.05, 3.63) is 30.1 Å². The Hall–Kier alpha value is -2.04. The predicted octanol–water partition coefficient (Wildman–Crippen LogP) is 1.81. The number of hydrogen-bond donors (Lipinski definition) is 0. The molecule has 20 heavy (non-hydrogen) atoms. The minimum Gasteiger partial charge on any atom is -0.466 e. The number of ether oxygens (including phenoxy) is 1. The van der Waals surface area contributed by atoms with E-state index in [-0.39, 0.29) is 36.3 Å². The fourth-order valence-corrected chi connectivity index (χ4v) is 2.46.